The molecule has 6 nitrogen and oxygen atoms in total. The molecule has 0 atom stereocenters. The molecule has 2 heterocycles. The molecule has 1 aliphatic rings. The van der Waals surface area contributed by atoms with Gasteiger partial charge in [0.05, 0.1) is 5.92 Å². The highest BCUT2D eigenvalue weighted by atomic mass is 16.4. The van der Waals surface area contributed by atoms with Gasteiger partial charge >= 0.3 is 5.97 Å². The molecule has 3 aromatic rings. The number of carboxylic acid groups (broad SMARTS) is 1. The Bertz CT molecular complexity index is 1020. The van der Waals surface area contributed by atoms with E-state index in [-0.39, 0.29) is 5.92 Å². The Balaban J connectivity index is 1.44. The van der Waals surface area contributed by atoms with Crippen molar-refractivity contribution in [3.8, 4) is 11.5 Å². The average Bonchev–Trinajstić information content (AvgIpc) is 3.19. The highest BCUT2D eigenvalue weighted by Crippen LogP contribution is 2.25. The van der Waals surface area contributed by atoms with Gasteiger partial charge in [0.1, 0.15) is 0 Å². The number of aliphatic carboxylic acids is 1. The van der Waals surface area contributed by atoms with Crippen LogP contribution in [0, 0.1) is 5.92 Å². The van der Waals surface area contributed by atoms with Crippen LogP contribution in [0.3, 0.4) is 0 Å². The van der Waals surface area contributed by atoms with Gasteiger partial charge in [0.25, 0.3) is 0 Å². The van der Waals surface area contributed by atoms with Crippen LogP contribution in [-0.4, -0.2) is 39.3 Å². The van der Waals surface area contributed by atoms with Gasteiger partial charge in [0, 0.05) is 31.3 Å². The zero-order valence-corrected chi connectivity index (χ0v) is 17.0. The Kier molecular flexibility index (Phi) is 6.05. The fourth-order valence-electron chi connectivity index (χ4n) is 3.65. The van der Waals surface area contributed by atoms with E-state index >= 15 is 0 Å². The topological polar surface area (TPSA) is 79.5 Å². The van der Waals surface area contributed by atoms with Crippen LogP contribution in [0.15, 0.2) is 59.0 Å². The van der Waals surface area contributed by atoms with Crippen LogP contribution in [0.1, 0.15) is 36.8 Å². The van der Waals surface area contributed by atoms with Crippen molar-refractivity contribution in [3.63, 3.8) is 0 Å². The van der Waals surface area contributed by atoms with Crippen LogP contribution < -0.4 is 0 Å². The maximum absolute atomic E-state index is 10.9. The van der Waals surface area contributed by atoms with E-state index in [4.69, 9.17) is 9.52 Å². The van der Waals surface area contributed by atoms with Gasteiger partial charge in [-0.15, -0.1) is 10.2 Å². The Labute approximate surface area is 175 Å². The minimum absolute atomic E-state index is 0.234. The number of rotatable bonds is 8. The van der Waals surface area contributed by atoms with E-state index in [0.717, 1.165) is 30.5 Å². The van der Waals surface area contributed by atoms with Crippen molar-refractivity contribution >= 4 is 17.6 Å². The van der Waals surface area contributed by atoms with Gasteiger partial charge in [0.2, 0.25) is 11.8 Å². The Hall–Kier alpha value is -3.25. The number of hydrogen-bond acceptors (Lipinski definition) is 5. The van der Waals surface area contributed by atoms with E-state index < -0.39 is 5.97 Å². The van der Waals surface area contributed by atoms with Crippen LogP contribution in [0.2, 0.25) is 0 Å². The highest BCUT2D eigenvalue weighted by Gasteiger charge is 2.32. The standard InChI is InChI=1S/C24H25N3O3/c1-2-6-20(18-7-4-3-5-8-18)13-22-25-26-23(30-22)19-11-9-17(10-12-19)14-27-15-21(16-27)24(28)29/h3-5,7-13,21H,2,6,14-16H2,1H3,(H,28,29)/b20-13-. The number of hydrogen-bond donors (Lipinski definition) is 1. The van der Waals surface area contributed by atoms with Crippen LogP contribution in [0.4, 0.5) is 0 Å². The third kappa shape index (κ3) is 4.66. The first-order valence-corrected chi connectivity index (χ1v) is 10.3. The van der Waals surface area contributed by atoms with Gasteiger partial charge in [-0.25, -0.2) is 0 Å². The molecule has 2 aromatic carbocycles. The number of aromatic nitrogens is 2. The fourth-order valence-corrected chi connectivity index (χ4v) is 3.65. The van der Waals surface area contributed by atoms with E-state index in [0.29, 0.717) is 24.9 Å². The van der Waals surface area contributed by atoms with Gasteiger partial charge in [-0.1, -0.05) is 55.8 Å². The number of carbonyl (C=O) groups is 1. The van der Waals surface area contributed by atoms with Crippen molar-refractivity contribution in [1.29, 1.82) is 0 Å². The molecule has 1 fully saturated rings. The lowest BCUT2D eigenvalue weighted by Gasteiger charge is -2.36. The summed E-state index contributed by atoms with van der Waals surface area (Å²) in [6.45, 7) is 4.12. The first kappa shape index (κ1) is 20.0. The molecule has 0 bridgehead atoms. The molecule has 0 unspecified atom stereocenters. The van der Waals surface area contributed by atoms with Crippen LogP contribution in [-0.2, 0) is 11.3 Å². The third-order valence-electron chi connectivity index (χ3n) is 5.32. The van der Waals surface area contributed by atoms with Crippen LogP contribution in [0.25, 0.3) is 23.1 Å². The highest BCUT2D eigenvalue weighted by molar-refractivity contribution is 5.79. The van der Waals surface area contributed by atoms with Crippen LogP contribution in [0.5, 0.6) is 0 Å². The summed E-state index contributed by atoms with van der Waals surface area (Å²) < 4.78 is 5.89. The molecule has 6 heteroatoms. The number of carboxylic acids is 1. The molecule has 1 aliphatic heterocycles. The normalized spacial score (nSPS) is 15.2. The second kappa shape index (κ2) is 9.05. The SMILES string of the molecule is CCC/C(=C/c1nnc(-c2ccc(CN3CC(C(=O)O)C3)cc2)o1)c1ccccc1. The zero-order chi connectivity index (χ0) is 20.9. The van der Waals surface area contributed by atoms with E-state index in [1.165, 1.54) is 11.1 Å². The van der Waals surface area contributed by atoms with Crippen molar-refractivity contribution in [1.82, 2.24) is 15.1 Å². The van der Waals surface area contributed by atoms with Gasteiger partial charge in [-0.05, 0) is 35.3 Å². The lowest BCUT2D eigenvalue weighted by molar-refractivity contribution is -0.147. The van der Waals surface area contributed by atoms with Gasteiger partial charge < -0.3 is 9.52 Å². The molecule has 0 saturated carbocycles. The maximum Gasteiger partial charge on any atom is 0.309 e. The number of benzene rings is 2. The third-order valence-corrected chi connectivity index (χ3v) is 5.32. The molecule has 4 rings (SSSR count). The van der Waals surface area contributed by atoms with Gasteiger partial charge in [0.15, 0.2) is 0 Å². The predicted octanol–water partition coefficient (Wildman–Crippen LogP) is 4.59. The number of nitrogens with zero attached hydrogens (tertiary/aromatic N) is 3. The molecule has 154 valence electrons. The Morgan fingerprint density at radius 1 is 1.13 bits per heavy atom. The first-order valence-electron chi connectivity index (χ1n) is 10.3. The van der Waals surface area contributed by atoms with E-state index in [9.17, 15) is 4.79 Å². The van der Waals surface area contributed by atoms with Crippen molar-refractivity contribution < 1.29 is 14.3 Å². The second-order valence-corrected chi connectivity index (χ2v) is 7.66. The summed E-state index contributed by atoms with van der Waals surface area (Å²) in [5.74, 6) is 0.0492. The molecule has 0 amide bonds. The van der Waals surface area contributed by atoms with Crippen molar-refractivity contribution in [3.05, 3.63) is 71.6 Å². The molecule has 1 aromatic heterocycles. The van der Waals surface area contributed by atoms with Crippen LogP contribution >= 0.6 is 0 Å². The summed E-state index contributed by atoms with van der Waals surface area (Å²) in [4.78, 5) is 13.0. The first-order chi connectivity index (χ1) is 14.6. The van der Waals surface area contributed by atoms with Gasteiger partial charge in [-0.3, -0.25) is 9.69 Å². The predicted molar refractivity (Wildman–Crippen MR) is 115 cm³/mol. The van der Waals surface area contributed by atoms with E-state index in [2.05, 4.69) is 34.2 Å². The molecule has 0 aliphatic carbocycles. The monoisotopic (exact) mass is 403 g/mol. The molecule has 0 spiro atoms. The quantitative estimate of drug-likeness (QED) is 0.592. The lowest BCUT2D eigenvalue weighted by Crippen LogP contribution is -2.49. The van der Waals surface area contributed by atoms with Crippen molar-refractivity contribution in [2.75, 3.05) is 13.1 Å². The Morgan fingerprint density at radius 3 is 2.53 bits per heavy atom. The Morgan fingerprint density at radius 2 is 1.87 bits per heavy atom. The molecule has 1 N–H and O–H groups in total. The summed E-state index contributed by atoms with van der Waals surface area (Å²) in [5, 5.41) is 17.4. The molecular formula is C24H25N3O3. The summed E-state index contributed by atoms with van der Waals surface area (Å²) in [5.41, 5.74) is 4.35. The van der Waals surface area contributed by atoms with E-state index in [1.54, 1.807) is 0 Å². The molecule has 30 heavy (non-hydrogen) atoms. The maximum atomic E-state index is 10.9. The summed E-state index contributed by atoms with van der Waals surface area (Å²) in [6, 6.07) is 18.2. The number of allylic oxidation sites excluding steroid dienone is 1. The minimum Gasteiger partial charge on any atom is -0.481 e. The summed E-state index contributed by atoms with van der Waals surface area (Å²) >= 11 is 0. The molecular weight excluding hydrogens is 378 g/mol. The van der Waals surface area contributed by atoms with Gasteiger partial charge in [-0.2, -0.15) is 0 Å². The average molecular weight is 403 g/mol. The zero-order valence-electron chi connectivity index (χ0n) is 17.0. The molecule has 1 saturated heterocycles. The van der Waals surface area contributed by atoms with E-state index in [1.807, 2.05) is 48.5 Å². The lowest BCUT2D eigenvalue weighted by atomic mass is 9.99. The van der Waals surface area contributed by atoms with Crippen molar-refractivity contribution in [2.24, 2.45) is 5.92 Å². The fraction of sp³-hybridized carbons (Fsp3) is 0.292. The second-order valence-electron chi connectivity index (χ2n) is 7.66. The summed E-state index contributed by atoms with van der Waals surface area (Å²) in [6.07, 6.45) is 3.94. The minimum atomic E-state index is -0.711. The summed E-state index contributed by atoms with van der Waals surface area (Å²) in [7, 11) is 0. The smallest absolute Gasteiger partial charge is 0.309 e. The number of likely N-dealkylation sites (tertiary alicyclic amines) is 1. The molecule has 0 radical (unpaired) electrons. The largest absolute Gasteiger partial charge is 0.481 e. The van der Waals surface area contributed by atoms with Crippen molar-refractivity contribution in [2.45, 2.75) is 26.3 Å².